The van der Waals surface area contributed by atoms with Crippen LogP contribution >= 0.6 is 24.0 Å². The Labute approximate surface area is 164 Å². The molecule has 2 N–H and O–H groups in total. The fourth-order valence-electron chi connectivity index (χ4n) is 4.58. The van der Waals surface area contributed by atoms with Crippen LogP contribution in [0.5, 0.6) is 0 Å². The third-order valence-electron chi connectivity index (χ3n) is 6.22. The van der Waals surface area contributed by atoms with Crippen molar-refractivity contribution in [2.75, 3.05) is 27.7 Å². The summed E-state index contributed by atoms with van der Waals surface area (Å²) >= 11 is 0. The predicted molar refractivity (Wildman–Crippen MR) is 110 cm³/mol. The second kappa shape index (κ2) is 9.03. The molecule has 5 nitrogen and oxygen atoms in total. The molecule has 2 heterocycles. The van der Waals surface area contributed by atoms with Crippen molar-refractivity contribution in [2.24, 2.45) is 4.99 Å². The number of hydrogen-bond acceptors (Lipinski definition) is 3. The second-order valence-corrected chi connectivity index (χ2v) is 7.82. The van der Waals surface area contributed by atoms with Crippen LogP contribution in [0.3, 0.4) is 0 Å². The van der Waals surface area contributed by atoms with Crippen molar-refractivity contribution in [1.29, 1.82) is 0 Å². The van der Waals surface area contributed by atoms with Crippen LogP contribution in [0.4, 0.5) is 0 Å². The van der Waals surface area contributed by atoms with Gasteiger partial charge in [-0.15, -0.1) is 24.0 Å². The van der Waals surface area contributed by atoms with Crippen LogP contribution in [0.2, 0.25) is 0 Å². The number of aliphatic imine (C=N–C) groups is 1. The smallest absolute Gasteiger partial charge is 0.191 e. The number of nitrogens with one attached hydrogen (secondary N) is 2. The number of fused-ring (bicyclic) bond motifs is 2. The molecule has 0 amide bonds. The minimum absolute atomic E-state index is 0. The van der Waals surface area contributed by atoms with E-state index < -0.39 is 0 Å². The van der Waals surface area contributed by atoms with Crippen LogP contribution in [0.25, 0.3) is 0 Å². The van der Waals surface area contributed by atoms with E-state index >= 15 is 0 Å². The Hall–Kier alpha value is -0.0800. The van der Waals surface area contributed by atoms with E-state index in [1.165, 1.54) is 51.4 Å². The molecule has 2 aliphatic heterocycles. The molecule has 0 radical (unpaired) electrons. The number of ether oxygens (including phenoxy) is 1. The van der Waals surface area contributed by atoms with Gasteiger partial charge in [0.25, 0.3) is 0 Å². The van der Waals surface area contributed by atoms with Gasteiger partial charge in [-0.05, 0) is 46.2 Å². The molecule has 3 aliphatic rings. The number of halogens is 1. The minimum Gasteiger partial charge on any atom is -0.373 e. The molecule has 3 atom stereocenters. The molecule has 3 unspecified atom stereocenters. The summed E-state index contributed by atoms with van der Waals surface area (Å²) in [5.74, 6) is 0.941. The zero-order valence-corrected chi connectivity index (χ0v) is 17.8. The van der Waals surface area contributed by atoms with Gasteiger partial charge in [0.1, 0.15) is 0 Å². The van der Waals surface area contributed by atoms with Crippen LogP contribution in [0.1, 0.15) is 57.8 Å². The van der Waals surface area contributed by atoms with Crippen molar-refractivity contribution in [2.45, 2.75) is 81.6 Å². The molecule has 2 saturated heterocycles. The molecule has 0 spiro atoms. The Balaban J connectivity index is 0.00000208. The molecular formula is C18H35IN4O. The zero-order chi connectivity index (χ0) is 16.3. The molecule has 24 heavy (non-hydrogen) atoms. The maximum atomic E-state index is 5.95. The maximum Gasteiger partial charge on any atom is 0.191 e. The van der Waals surface area contributed by atoms with Gasteiger partial charge in [-0.25, -0.2) is 0 Å². The van der Waals surface area contributed by atoms with E-state index in [-0.39, 0.29) is 29.5 Å². The maximum absolute atomic E-state index is 5.95. The van der Waals surface area contributed by atoms with Gasteiger partial charge < -0.3 is 20.3 Å². The molecule has 140 valence electrons. The van der Waals surface area contributed by atoms with Crippen molar-refractivity contribution in [3.8, 4) is 0 Å². The molecule has 0 aromatic carbocycles. The van der Waals surface area contributed by atoms with E-state index in [9.17, 15) is 0 Å². The Morgan fingerprint density at radius 3 is 2.38 bits per heavy atom. The highest BCUT2D eigenvalue weighted by atomic mass is 127. The Kier molecular flexibility index (Phi) is 7.61. The number of guanidine groups is 1. The first-order valence-corrected chi connectivity index (χ1v) is 9.43. The van der Waals surface area contributed by atoms with Crippen LogP contribution in [-0.2, 0) is 4.74 Å². The average molecular weight is 450 g/mol. The first-order valence-electron chi connectivity index (χ1n) is 9.43. The normalized spacial score (nSPS) is 32.3. The van der Waals surface area contributed by atoms with Gasteiger partial charge in [0.15, 0.2) is 5.96 Å². The lowest BCUT2D eigenvalue weighted by Crippen LogP contribution is -2.56. The lowest BCUT2D eigenvalue weighted by atomic mass is 9.88. The summed E-state index contributed by atoms with van der Waals surface area (Å²) < 4.78 is 5.95. The van der Waals surface area contributed by atoms with Crippen LogP contribution < -0.4 is 10.6 Å². The van der Waals surface area contributed by atoms with Gasteiger partial charge in [-0.2, -0.15) is 0 Å². The highest BCUT2D eigenvalue weighted by Crippen LogP contribution is 2.34. The van der Waals surface area contributed by atoms with Crippen molar-refractivity contribution in [3.05, 3.63) is 0 Å². The van der Waals surface area contributed by atoms with E-state index in [4.69, 9.17) is 4.74 Å². The fraction of sp³-hybridized carbons (Fsp3) is 0.944. The topological polar surface area (TPSA) is 48.9 Å². The predicted octanol–water partition coefficient (Wildman–Crippen LogP) is 2.74. The lowest BCUT2D eigenvalue weighted by Gasteiger charge is -2.40. The summed E-state index contributed by atoms with van der Waals surface area (Å²) in [6.07, 6.45) is 12.4. The third-order valence-corrected chi connectivity index (χ3v) is 6.22. The molecule has 2 bridgehead atoms. The lowest BCUT2D eigenvalue weighted by molar-refractivity contribution is 0.0990. The van der Waals surface area contributed by atoms with E-state index in [2.05, 4.69) is 34.6 Å². The SMILES string of the molecule is CN=C(NCC1(N(C)C)CCCCCC1)NC1CC2CCC1O2.I. The third kappa shape index (κ3) is 4.55. The Morgan fingerprint density at radius 1 is 1.17 bits per heavy atom. The highest BCUT2D eigenvalue weighted by Gasteiger charge is 2.41. The van der Waals surface area contributed by atoms with Crippen molar-refractivity contribution >= 4 is 29.9 Å². The Bertz CT molecular complexity index is 421. The van der Waals surface area contributed by atoms with Crippen LogP contribution in [0, 0.1) is 0 Å². The molecule has 1 saturated carbocycles. The average Bonchev–Trinajstić information content (AvgIpc) is 3.07. The summed E-state index contributed by atoms with van der Waals surface area (Å²) in [4.78, 5) is 6.88. The second-order valence-electron chi connectivity index (χ2n) is 7.82. The van der Waals surface area contributed by atoms with Gasteiger partial charge in [0, 0.05) is 19.1 Å². The molecule has 3 fully saturated rings. The van der Waals surface area contributed by atoms with Gasteiger partial charge in [-0.3, -0.25) is 4.99 Å². The zero-order valence-electron chi connectivity index (χ0n) is 15.5. The molecule has 0 aromatic heterocycles. The Morgan fingerprint density at radius 2 is 1.88 bits per heavy atom. The number of rotatable bonds is 4. The van der Waals surface area contributed by atoms with E-state index in [0.29, 0.717) is 18.2 Å². The standard InChI is InChI=1S/C18H34N4O.HI/c1-19-17(21-15-12-14-8-9-16(15)23-14)20-13-18(22(2)3)10-6-4-5-7-11-18;/h14-16H,4-13H2,1-3H3,(H2,19,20,21);1H. The summed E-state index contributed by atoms with van der Waals surface area (Å²) in [6.45, 7) is 0.974. The number of nitrogens with zero attached hydrogens (tertiary/aromatic N) is 2. The number of hydrogen-bond donors (Lipinski definition) is 2. The first kappa shape index (κ1) is 20.2. The fourth-order valence-corrected chi connectivity index (χ4v) is 4.58. The molecular weight excluding hydrogens is 415 g/mol. The van der Waals surface area contributed by atoms with Gasteiger partial charge in [0.05, 0.1) is 18.2 Å². The van der Waals surface area contributed by atoms with Crippen molar-refractivity contribution < 1.29 is 4.74 Å². The molecule has 3 rings (SSSR count). The van der Waals surface area contributed by atoms with E-state index in [0.717, 1.165) is 18.9 Å². The molecule has 1 aliphatic carbocycles. The van der Waals surface area contributed by atoms with Gasteiger partial charge in [-0.1, -0.05) is 25.7 Å². The van der Waals surface area contributed by atoms with Crippen LogP contribution in [0.15, 0.2) is 4.99 Å². The highest BCUT2D eigenvalue weighted by molar-refractivity contribution is 14.0. The minimum atomic E-state index is 0. The summed E-state index contributed by atoms with van der Waals surface area (Å²) in [7, 11) is 6.33. The molecule has 6 heteroatoms. The van der Waals surface area contributed by atoms with Gasteiger partial charge >= 0.3 is 0 Å². The quantitative estimate of drug-likeness (QED) is 0.299. The first-order chi connectivity index (χ1) is 11.1. The largest absolute Gasteiger partial charge is 0.373 e. The van der Waals surface area contributed by atoms with Crippen LogP contribution in [-0.4, -0.2) is 62.3 Å². The molecule has 0 aromatic rings. The monoisotopic (exact) mass is 450 g/mol. The summed E-state index contributed by atoms with van der Waals surface area (Å²) in [6, 6.07) is 0.435. The summed E-state index contributed by atoms with van der Waals surface area (Å²) in [5, 5.41) is 7.22. The number of likely N-dealkylation sites (N-methyl/N-ethyl adjacent to an activating group) is 1. The summed E-state index contributed by atoms with van der Waals surface area (Å²) in [5.41, 5.74) is 0.263. The van der Waals surface area contributed by atoms with Crippen molar-refractivity contribution in [1.82, 2.24) is 15.5 Å². The van der Waals surface area contributed by atoms with E-state index in [1.54, 1.807) is 0 Å². The van der Waals surface area contributed by atoms with E-state index in [1.807, 2.05) is 7.05 Å². The van der Waals surface area contributed by atoms with Crippen molar-refractivity contribution in [3.63, 3.8) is 0 Å². The van der Waals surface area contributed by atoms with Gasteiger partial charge in [0.2, 0.25) is 0 Å².